The molecule has 2 rings (SSSR count). The van der Waals surface area contributed by atoms with Gasteiger partial charge in [-0.15, -0.1) is 0 Å². The van der Waals surface area contributed by atoms with E-state index in [-0.39, 0.29) is 23.9 Å². The van der Waals surface area contributed by atoms with E-state index in [0.717, 1.165) is 5.69 Å². The third kappa shape index (κ3) is 2.46. The smallest absolute Gasteiger partial charge is 0.245 e. The van der Waals surface area contributed by atoms with E-state index in [4.69, 9.17) is 0 Å². The van der Waals surface area contributed by atoms with Crippen LogP contribution in [0.5, 0.6) is 0 Å². The Hall–Kier alpha value is -1.62. The molecule has 0 radical (unpaired) electrons. The van der Waals surface area contributed by atoms with Gasteiger partial charge >= 0.3 is 0 Å². The molecule has 1 aromatic carbocycles. The Kier molecular flexibility index (Phi) is 3.26. The maximum atomic E-state index is 12.9. The van der Waals surface area contributed by atoms with Gasteiger partial charge in [-0.3, -0.25) is 4.79 Å². The van der Waals surface area contributed by atoms with Crippen LogP contribution in [0.4, 0.5) is 10.1 Å². The number of aliphatic hydroxyl groups excluding tert-OH is 1. The van der Waals surface area contributed by atoms with Gasteiger partial charge in [0, 0.05) is 12.2 Å². The van der Waals surface area contributed by atoms with Crippen LogP contribution in [0.2, 0.25) is 0 Å². The number of anilines is 1. The first-order chi connectivity index (χ1) is 8.43. The van der Waals surface area contributed by atoms with E-state index in [9.17, 15) is 14.3 Å². The molecular formula is C13H17FN2O2. The summed E-state index contributed by atoms with van der Waals surface area (Å²) in [5.41, 5.74) is 0.357. The zero-order valence-electron chi connectivity index (χ0n) is 10.5. The minimum atomic E-state index is -0.622. The van der Waals surface area contributed by atoms with Crippen molar-refractivity contribution in [3.63, 3.8) is 0 Å². The summed E-state index contributed by atoms with van der Waals surface area (Å²) < 4.78 is 12.9. The van der Waals surface area contributed by atoms with Crippen molar-refractivity contribution in [3.8, 4) is 0 Å². The molecule has 1 fully saturated rings. The normalized spacial score (nSPS) is 22.8. The quantitative estimate of drug-likeness (QED) is 0.822. The zero-order valence-corrected chi connectivity index (χ0v) is 10.5. The highest BCUT2D eigenvalue weighted by atomic mass is 19.1. The Bertz CT molecular complexity index is 445. The SMILES string of the molecule is CC1(C)CN(c2ccc(F)cc2)C(CO)C(=O)N1. The van der Waals surface area contributed by atoms with Gasteiger partial charge in [-0.2, -0.15) is 0 Å². The van der Waals surface area contributed by atoms with Gasteiger partial charge in [0.05, 0.1) is 12.1 Å². The largest absolute Gasteiger partial charge is 0.394 e. The van der Waals surface area contributed by atoms with Crippen LogP contribution in [0.15, 0.2) is 24.3 Å². The number of nitrogens with one attached hydrogen (secondary N) is 1. The first-order valence-electron chi connectivity index (χ1n) is 5.88. The van der Waals surface area contributed by atoms with E-state index in [1.54, 1.807) is 17.0 Å². The zero-order chi connectivity index (χ0) is 13.3. The van der Waals surface area contributed by atoms with Gasteiger partial charge in [0.25, 0.3) is 0 Å². The Morgan fingerprint density at radius 1 is 1.44 bits per heavy atom. The van der Waals surface area contributed by atoms with Gasteiger partial charge < -0.3 is 15.3 Å². The maximum Gasteiger partial charge on any atom is 0.245 e. The Labute approximate surface area is 105 Å². The lowest BCUT2D eigenvalue weighted by Gasteiger charge is -2.44. The Balaban J connectivity index is 2.32. The van der Waals surface area contributed by atoms with E-state index in [1.807, 2.05) is 13.8 Å². The number of nitrogens with zero attached hydrogens (tertiary/aromatic N) is 1. The standard InChI is InChI=1S/C13H17FN2O2/c1-13(2)8-16(11(7-17)12(18)15-13)10-5-3-9(14)4-6-10/h3-6,11,17H,7-8H2,1-2H3,(H,15,18). The molecule has 1 heterocycles. The number of amides is 1. The molecular weight excluding hydrogens is 235 g/mol. The van der Waals surface area contributed by atoms with Crippen LogP contribution in [-0.2, 0) is 4.79 Å². The van der Waals surface area contributed by atoms with Gasteiger partial charge in [0.1, 0.15) is 11.9 Å². The van der Waals surface area contributed by atoms with Gasteiger partial charge in [0.2, 0.25) is 5.91 Å². The molecule has 0 aromatic heterocycles. The monoisotopic (exact) mass is 252 g/mol. The highest BCUT2D eigenvalue weighted by Gasteiger charge is 2.38. The van der Waals surface area contributed by atoms with Crippen LogP contribution < -0.4 is 10.2 Å². The van der Waals surface area contributed by atoms with E-state index < -0.39 is 6.04 Å². The lowest BCUT2D eigenvalue weighted by atomic mass is 9.97. The highest BCUT2D eigenvalue weighted by Crippen LogP contribution is 2.24. The molecule has 1 amide bonds. The number of hydrogen-bond acceptors (Lipinski definition) is 3. The molecule has 1 aliphatic rings. The van der Waals surface area contributed by atoms with E-state index in [0.29, 0.717) is 6.54 Å². The molecule has 0 spiro atoms. The molecule has 1 aliphatic heterocycles. The molecule has 18 heavy (non-hydrogen) atoms. The van der Waals surface area contributed by atoms with Crippen molar-refractivity contribution >= 4 is 11.6 Å². The lowest BCUT2D eigenvalue weighted by molar-refractivity contribution is -0.126. The summed E-state index contributed by atoms with van der Waals surface area (Å²) in [7, 11) is 0. The summed E-state index contributed by atoms with van der Waals surface area (Å²) in [6.07, 6.45) is 0. The number of rotatable bonds is 2. The van der Waals surface area contributed by atoms with Crippen LogP contribution in [-0.4, -0.2) is 35.7 Å². The van der Waals surface area contributed by atoms with Gasteiger partial charge in [-0.05, 0) is 38.1 Å². The van der Waals surface area contributed by atoms with Crippen LogP contribution in [0.3, 0.4) is 0 Å². The third-order valence-electron chi connectivity index (χ3n) is 3.04. The molecule has 0 aliphatic carbocycles. The van der Waals surface area contributed by atoms with Gasteiger partial charge in [-0.25, -0.2) is 4.39 Å². The minimum Gasteiger partial charge on any atom is -0.394 e. The summed E-state index contributed by atoms with van der Waals surface area (Å²) >= 11 is 0. The summed E-state index contributed by atoms with van der Waals surface area (Å²) in [5.74, 6) is -0.530. The molecule has 2 N–H and O–H groups in total. The fourth-order valence-electron chi connectivity index (χ4n) is 2.22. The first kappa shape index (κ1) is 12.8. The van der Waals surface area contributed by atoms with E-state index >= 15 is 0 Å². The van der Waals surface area contributed by atoms with Crippen molar-refractivity contribution in [1.82, 2.24) is 5.32 Å². The Morgan fingerprint density at radius 3 is 2.61 bits per heavy atom. The molecule has 1 saturated heterocycles. The summed E-state index contributed by atoms with van der Waals surface area (Å²) in [6, 6.07) is 5.31. The van der Waals surface area contributed by atoms with Crippen LogP contribution >= 0.6 is 0 Å². The first-order valence-corrected chi connectivity index (χ1v) is 5.88. The number of carbonyl (C=O) groups is 1. The predicted octanol–water partition coefficient (Wildman–Crippen LogP) is 0.901. The number of benzene rings is 1. The van der Waals surface area contributed by atoms with Crippen LogP contribution in [0.1, 0.15) is 13.8 Å². The minimum absolute atomic E-state index is 0.210. The third-order valence-corrected chi connectivity index (χ3v) is 3.04. The molecule has 98 valence electrons. The molecule has 1 atom stereocenters. The molecule has 5 heteroatoms. The second kappa shape index (κ2) is 4.57. The summed E-state index contributed by atoms with van der Waals surface area (Å²) in [5, 5.41) is 12.2. The maximum absolute atomic E-state index is 12.9. The topological polar surface area (TPSA) is 52.6 Å². The molecule has 4 nitrogen and oxygen atoms in total. The Morgan fingerprint density at radius 2 is 2.06 bits per heavy atom. The van der Waals surface area contributed by atoms with Crippen LogP contribution in [0, 0.1) is 5.82 Å². The second-order valence-electron chi connectivity index (χ2n) is 5.18. The fraction of sp³-hybridized carbons (Fsp3) is 0.462. The number of carbonyl (C=O) groups excluding carboxylic acids is 1. The van der Waals surface area contributed by atoms with Gasteiger partial charge in [0.15, 0.2) is 0 Å². The molecule has 1 aromatic rings. The van der Waals surface area contributed by atoms with Crippen molar-refractivity contribution < 1.29 is 14.3 Å². The highest BCUT2D eigenvalue weighted by molar-refractivity contribution is 5.87. The average Bonchev–Trinajstić information content (AvgIpc) is 2.28. The van der Waals surface area contributed by atoms with Crippen molar-refractivity contribution in [2.45, 2.75) is 25.4 Å². The number of hydrogen-bond donors (Lipinski definition) is 2. The molecule has 0 bridgehead atoms. The van der Waals surface area contributed by atoms with E-state index in [2.05, 4.69) is 5.32 Å². The lowest BCUT2D eigenvalue weighted by Crippen LogP contribution is -2.66. The fourth-order valence-corrected chi connectivity index (χ4v) is 2.22. The van der Waals surface area contributed by atoms with Crippen molar-refractivity contribution in [2.75, 3.05) is 18.1 Å². The predicted molar refractivity (Wildman–Crippen MR) is 66.8 cm³/mol. The molecule has 1 unspecified atom stereocenters. The summed E-state index contributed by atoms with van der Waals surface area (Å²) in [6.45, 7) is 4.12. The van der Waals surface area contributed by atoms with Gasteiger partial charge in [-0.1, -0.05) is 0 Å². The number of aliphatic hydroxyl groups is 1. The van der Waals surface area contributed by atoms with Crippen molar-refractivity contribution in [3.05, 3.63) is 30.1 Å². The number of piperazine rings is 1. The van der Waals surface area contributed by atoms with Crippen molar-refractivity contribution in [2.24, 2.45) is 0 Å². The van der Waals surface area contributed by atoms with Crippen molar-refractivity contribution in [1.29, 1.82) is 0 Å². The average molecular weight is 252 g/mol. The van der Waals surface area contributed by atoms with Crippen LogP contribution in [0.25, 0.3) is 0 Å². The van der Waals surface area contributed by atoms with E-state index in [1.165, 1.54) is 12.1 Å². The summed E-state index contributed by atoms with van der Waals surface area (Å²) in [4.78, 5) is 13.7. The second-order valence-corrected chi connectivity index (χ2v) is 5.18. The molecule has 0 saturated carbocycles. The number of halogens is 1.